The van der Waals surface area contributed by atoms with Crippen LogP contribution in [0, 0.1) is 10.1 Å². The van der Waals surface area contributed by atoms with Crippen molar-refractivity contribution in [3.8, 4) is 0 Å². The molecule has 25 heavy (non-hydrogen) atoms. The standard InChI is InChI=1S/C16H15ClN2O6/c1-8-12(15(20)24-3)13(14(9(2)18-8)25-16(17)21)10-5-4-6-11(7-10)19(22)23/h4-7,13,18H,1-3H3. The fraction of sp³-hybridized carbons (Fsp3) is 0.250. The molecule has 0 aromatic heterocycles. The number of nitrogens with one attached hydrogen (secondary N) is 1. The topological polar surface area (TPSA) is 108 Å². The molecular weight excluding hydrogens is 352 g/mol. The van der Waals surface area contributed by atoms with Gasteiger partial charge in [-0.05, 0) is 19.4 Å². The fourth-order valence-electron chi connectivity index (χ4n) is 2.71. The number of hydrogen-bond acceptors (Lipinski definition) is 7. The van der Waals surface area contributed by atoms with Crippen molar-refractivity contribution in [2.24, 2.45) is 0 Å². The van der Waals surface area contributed by atoms with Gasteiger partial charge in [-0.15, -0.1) is 0 Å². The van der Waals surface area contributed by atoms with Crippen LogP contribution in [0.15, 0.2) is 47.0 Å². The number of nitro benzene ring substituents is 1. The first-order chi connectivity index (χ1) is 11.8. The van der Waals surface area contributed by atoms with Crippen molar-refractivity contribution in [1.29, 1.82) is 0 Å². The normalized spacial score (nSPS) is 17.0. The first-order valence-corrected chi connectivity index (χ1v) is 7.52. The summed E-state index contributed by atoms with van der Waals surface area (Å²) in [6.45, 7) is 3.29. The Morgan fingerprint density at radius 3 is 2.52 bits per heavy atom. The number of methoxy groups -OCH3 is 1. The van der Waals surface area contributed by atoms with Crippen molar-refractivity contribution < 1.29 is 24.0 Å². The first-order valence-electron chi connectivity index (χ1n) is 7.14. The van der Waals surface area contributed by atoms with Gasteiger partial charge in [-0.2, -0.15) is 0 Å². The summed E-state index contributed by atoms with van der Waals surface area (Å²) in [5.74, 6) is -1.46. The molecule has 0 bridgehead atoms. The third-order valence-corrected chi connectivity index (χ3v) is 3.79. The second kappa shape index (κ2) is 7.35. The van der Waals surface area contributed by atoms with Gasteiger partial charge in [0.25, 0.3) is 5.69 Å². The van der Waals surface area contributed by atoms with E-state index in [4.69, 9.17) is 21.1 Å². The Hall–Kier alpha value is -2.87. The molecule has 8 nitrogen and oxygen atoms in total. The van der Waals surface area contributed by atoms with Crippen LogP contribution in [0.4, 0.5) is 10.5 Å². The van der Waals surface area contributed by atoms with Gasteiger partial charge in [0.15, 0.2) is 0 Å². The molecule has 0 radical (unpaired) electrons. The molecular formula is C16H15ClN2O6. The molecule has 0 saturated heterocycles. The second-order valence-electron chi connectivity index (χ2n) is 5.27. The van der Waals surface area contributed by atoms with Crippen molar-refractivity contribution in [2.75, 3.05) is 7.11 Å². The third kappa shape index (κ3) is 3.80. The summed E-state index contributed by atoms with van der Waals surface area (Å²) in [4.78, 5) is 34.1. The van der Waals surface area contributed by atoms with Gasteiger partial charge in [0.05, 0.1) is 29.2 Å². The Bertz CT molecular complexity index is 815. The van der Waals surface area contributed by atoms with Crippen LogP contribution in [0.2, 0.25) is 0 Å². The number of dihydropyridines is 1. The summed E-state index contributed by atoms with van der Waals surface area (Å²) in [5.41, 5.74) is 0.248. The predicted octanol–water partition coefficient (Wildman–Crippen LogP) is 3.34. The van der Waals surface area contributed by atoms with Gasteiger partial charge in [0.1, 0.15) is 5.76 Å². The van der Waals surface area contributed by atoms with E-state index in [1.54, 1.807) is 19.9 Å². The number of ether oxygens (including phenoxy) is 2. The molecule has 1 heterocycles. The van der Waals surface area contributed by atoms with Gasteiger partial charge in [0, 0.05) is 29.4 Å². The molecule has 132 valence electrons. The van der Waals surface area contributed by atoms with Crippen LogP contribution in [0.1, 0.15) is 25.3 Å². The number of nitrogens with zero attached hydrogens (tertiary/aromatic N) is 1. The van der Waals surface area contributed by atoms with Crippen molar-refractivity contribution in [1.82, 2.24) is 5.32 Å². The zero-order valence-corrected chi connectivity index (χ0v) is 14.4. The predicted molar refractivity (Wildman–Crippen MR) is 88.7 cm³/mol. The lowest BCUT2D eigenvalue weighted by atomic mass is 9.85. The molecule has 0 aliphatic carbocycles. The van der Waals surface area contributed by atoms with E-state index < -0.39 is 22.2 Å². The number of non-ortho nitro benzene ring substituents is 1. The summed E-state index contributed by atoms with van der Waals surface area (Å²) in [7, 11) is 1.21. The maximum absolute atomic E-state index is 12.3. The van der Waals surface area contributed by atoms with Crippen molar-refractivity contribution in [2.45, 2.75) is 19.8 Å². The minimum atomic E-state index is -1.09. The van der Waals surface area contributed by atoms with Crippen LogP contribution in [0.25, 0.3) is 0 Å². The van der Waals surface area contributed by atoms with Crippen molar-refractivity contribution in [3.63, 3.8) is 0 Å². The smallest absolute Gasteiger partial charge is 0.408 e. The minimum absolute atomic E-state index is 0.0755. The van der Waals surface area contributed by atoms with E-state index in [0.717, 1.165) is 0 Å². The Labute approximate surface area is 148 Å². The fourth-order valence-corrected chi connectivity index (χ4v) is 2.80. The zero-order valence-electron chi connectivity index (χ0n) is 13.7. The molecule has 1 aliphatic rings. The number of benzene rings is 1. The Morgan fingerprint density at radius 1 is 1.28 bits per heavy atom. The average molecular weight is 367 g/mol. The van der Waals surface area contributed by atoms with Crippen LogP contribution in [-0.4, -0.2) is 23.4 Å². The average Bonchev–Trinajstić information content (AvgIpc) is 2.56. The number of allylic oxidation sites excluding steroid dienone is 3. The third-order valence-electron chi connectivity index (χ3n) is 3.71. The molecule has 1 aliphatic heterocycles. The van der Waals surface area contributed by atoms with Crippen molar-refractivity contribution >= 4 is 28.7 Å². The number of halogens is 1. The highest BCUT2D eigenvalue weighted by atomic mass is 35.5. The number of hydrogen-bond donors (Lipinski definition) is 1. The molecule has 2 rings (SSSR count). The van der Waals surface area contributed by atoms with Gasteiger partial charge in [-0.1, -0.05) is 12.1 Å². The molecule has 1 N–H and O–H groups in total. The summed E-state index contributed by atoms with van der Waals surface area (Å²) >= 11 is 5.34. The second-order valence-corrected chi connectivity index (χ2v) is 5.58. The molecule has 1 unspecified atom stereocenters. The SMILES string of the molecule is COC(=O)C1=C(C)NC(C)=C(OC(=O)Cl)C1c1cccc([N+](=O)[O-])c1. The highest BCUT2D eigenvalue weighted by molar-refractivity contribution is 6.61. The van der Waals surface area contributed by atoms with E-state index in [9.17, 15) is 19.7 Å². The number of carbonyl (C=O) groups excluding carboxylic acids is 2. The molecule has 0 spiro atoms. The van der Waals surface area contributed by atoms with Gasteiger partial charge in [0.2, 0.25) is 0 Å². The molecule has 1 aromatic rings. The van der Waals surface area contributed by atoms with E-state index in [2.05, 4.69) is 5.32 Å². The quantitative estimate of drug-likeness (QED) is 0.377. The van der Waals surface area contributed by atoms with Crippen LogP contribution in [0.5, 0.6) is 0 Å². The van der Waals surface area contributed by atoms with Gasteiger partial charge >= 0.3 is 11.4 Å². The number of carbonyl (C=O) groups is 2. The lowest BCUT2D eigenvalue weighted by Gasteiger charge is -2.29. The number of nitro groups is 1. The van der Waals surface area contributed by atoms with E-state index in [1.807, 2.05) is 0 Å². The van der Waals surface area contributed by atoms with Crippen LogP contribution in [-0.2, 0) is 14.3 Å². The van der Waals surface area contributed by atoms with Crippen LogP contribution in [0.3, 0.4) is 0 Å². The van der Waals surface area contributed by atoms with Crippen LogP contribution >= 0.6 is 11.6 Å². The van der Waals surface area contributed by atoms with E-state index in [-0.39, 0.29) is 17.0 Å². The van der Waals surface area contributed by atoms with Gasteiger partial charge in [-0.3, -0.25) is 10.1 Å². The molecule has 0 saturated carbocycles. The highest BCUT2D eigenvalue weighted by Gasteiger charge is 2.36. The maximum atomic E-state index is 12.3. The Kier molecular flexibility index (Phi) is 5.43. The minimum Gasteiger partial charge on any atom is -0.466 e. The van der Waals surface area contributed by atoms with Gasteiger partial charge in [-0.25, -0.2) is 9.59 Å². The highest BCUT2D eigenvalue weighted by Crippen LogP contribution is 2.40. The molecule has 9 heteroatoms. The van der Waals surface area contributed by atoms with Gasteiger partial charge < -0.3 is 14.8 Å². The summed E-state index contributed by atoms with van der Waals surface area (Å²) in [6, 6.07) is 5.70. The number of esters is 1. The molecule has 0 amide bonds. The maximum Gasteiger partial charge on any atom is 0.408 e. The first kappa shape index (κ1) is 18.5. The van der Waals surface area contributed by atoms with E-state index >= 15 is 0 Å². The molecule has 1 aromatic carbocycles. The zero-order chi connectivity index (χ0) is 18.7. The number of rotatable bonds is 4. The van der Waals surface area contributed by atoms with E-state index in [0.29, 0.717) is 17.0 Å². The van der Waals surface area contributed by atoms with Crippen molar-refractivity contribution in [3.05, 3.63) is 62.7 Å². The lowest BCUT2D eigenvalue weighted by Crippen LogP contribution is -2.30. The lowest BCUT2D eigenvalue weighted by molar-refractivity contribution is -0.384. The van der Waals surface area contributed by atoms with E-state index in [1.165, 1.54) is 25.3 Å². The molecule has 0 fully saturated rings. The van der Waals surface area contributed by atoms with Crippen LogP contribution < -0.4 is 5.32 Å². The summed E-state index contributed by atoms with van der Waals surface area (Å²) < 4.78 is 9.89. The largest absolute Gasteiger partial charge is 0.466 e. The Morgan fingerprint density at radius 2 is 1.96 bits per heavy atom. The monoisotopic (exact) mass is 366 g/mol. The summed E-state index contributed by atoms with van der Waals surface area (Å²) in [5, 5.41) is 14.0. The molecule has 1 atom stereocenters. The Balaban J connectivity index is 2.68. The summed E-state index contributed by atoms with van der Waals surface area (Å²) in [6.07, 6.45) is 0.